The number of hydrogen-bond donors (Lipinski definition) is 1. The third-order valence-corrected chi connectivity index (χ3v) is 4.17. The second-order valence-electron chi connectivity index (χ2n) is 6.29. The molecule has 0 spiro atoms. The Morgan fingerprint density at radius 2 is 1.93 bits per heavy atom. The van der Waals surface area contributed by atoms with Gasteiger partial charge in [0.25, 0.3) is 5.91 Å². The van der Waals surface area contributed by atoms with Gasteiger partial charge < -0.3 is 9.47 Å². The maximum atomic E-state index is 12.1. The number of fused-ring (bicyclic) bond motifs is 1. The first kappa shape index (κ1) is 19.4. The molecule has 0 fully saturated rings. The number of aromatic nitrogens is 1. The molecule has 0 aliphatic heterocycles. The molecule has 6 heteroatoms. The summed E-state index contributed by atoms with van der Waals surface area (Å²) in [6, 6.07) is 17.0. The molecule has 1 atom stereocenters. The minimum absolute atomic E-state index is 0.104. The molecule has 1 aromatic heterocycles. The van der Waals surface area contributed by atoms with Crippen LogP contribution in [0.2, 0.25) is 0 Å². The lowest BCUT2D eigenvalue weighted by molar-refractivity contribution is -0.123. The SMILES string of the molecule is CC[C@@H](C)Oc1ccccc1/C=N/NC(=O)COc1cccc2cccnc12. The molecule has 0 aliphatic carbocycles. The Morgan fingerprint density at radius 1 is 1.14 bits per heavy atom. The molecule has 3 aromatic rings. The first-order chi connectivity index (χ1) is 13.7. The van der Waals surface area contributed by atoms with Crippen molar-refractivity contribution in [2.24, 2.45) is 5.10 Å². The maximum absolute atomic E-state index is 12.1. The smallest absolute Gasteiger partial charge is 0.277 e. The topological polar surface area (TPSA) is 72.8 Å². The highest BCUT2D eigenvalue weighted by atomic mass is 16.5. The van der Waals surface area contributed by atoms with E-state index in [1.54, 1.807) is 18.5 Å². The van der Waals surface area contributed by atoms with Crippen molar-refractivity contribution in [2.75, 3.05) is 6.61 Å². The summed E-state index contributed by atoms with van der Waals surface area (Å²) in [5, 5.41) is 4.96. The van der Waals surface area contributed by atoms with Crippen molar-refractivity contribution in [1.29, 1.82) is 0 Å². The third kappa shape index (κ3) is 5.07. The summed E-state index contributed by atoms with van der Waals surface area (Å²) in [6.07, 6.45) is 4.27. The lowest BCUT2D eigenvalue weighted by Crippen LogP contribution is -2.24. The highest BCUT2D eigenvalue weighted by Crippen LogP contribution is 2.22. The summed E-state index contributed by atoms with van der Waals surface area (Å²) in [4.78, 5) is 16.4. The number of amides is 1. The fourth-order valence-corrected chi connectivity index (χ4v) is 2.54. The summed E-state index contributed by atoms with van der Waals surface area (Å²) in [7, 11) is 0. The van der Waals surface area contributed by atoms with Crippen LogP contribution < -0.4 is 14.9 Å². The zero-order valence-corrected chi connectivity index (χ0v) is 16.0. The first-order valence-electron chi connectivity index (χ1n) is 9.21. The quantitative estimate of drug-likeness (QED) is 0.477. The van der Waals surface area contributed by atoms with Gasteiger partial charge in [-0.25, -0.2) is 5.43 Å². The van der Waals surface area contributed by atoms with E-state index in [-0.39, 0.29) is 18.6 Å². The average molecular weight is 377 g/mol. The van der Waals surface area contributed by atoms with Crippen molar-refractivity contribution in [3.8, 4) is 11.5 Å². The van der Waals surface area contributed by atoms with Gasteiger partial charge in [-0.3, -0.25) is 9.78 Å². The van der Waals surface area contributed by atoms with Crippen molar-refractivity contribution in [2.45, 2.75) is 26.4 Å². The lowest BCUT2D eigenvalue weighted by Gasteiger charge is -2.14. The minimum Gasteiger partial charge on any atom is -0.490 e. The van der Waals surface area contributed by atoms with Crippen molar-refractivity contribution in [3.63, 3.8) is 0 Å². The molecule has 144 valence electrons. The molecular weight excluding hydrogens is 354 g/mol. The number of hydrazone groups is 1. The molecule has 0 unspecified atom stereocenters. The molecule has 1 N–H and O–H groups in total. The third-order valence-electron chi connectivity index (χ3n) is 4.17. The Balaban J connectivity index is 1.57. The molecule has 0 saturated carbocycles. The van der Waals surface area contributed by atoms with Crippen LogP contribution in [0.25, 0.3) is 10.9 Å². The Hall–Kier alpha value is -3.41. The number of ether oxygens (including phenoxy) is 2. The molecular formula is C22H23N3O3. The van der Waals surface area contributed by atoms with E-state index >= 15 is 0 Å². The fourth-order valence-electron chi connectivity index (χ4n) is 2.54. The number of nitrogens with zero attached hydrogens (tertiary/aromatic N) is 2. The van der Waals surface area contributed by atoms with Crippen LogP contribution in [0, 0.1) is 0 Å². The van der Waals surface area contributed by atoms with Crippen LogP contribution in [0.3, 0.4) is 0 Å². The minimum atomic E-state index is -0.357. The lowest BCUT2D eigenvalue weighted by atomic mass is 10.2. The summed E-state index contributed by atoms with van der Waals surface area (Å²) in [5.41, 5.74) is 3.99. The van der Waals surface area contributed by atoms with Crippen LogP contribution in [0.15, 0.2) is 65.9 Å². The highest BCUT2D eigenvalue weighted by molar-refractivity contribution is 5.86. The van der Waals surface area contributed by atoms with Crippen molar-refractivity contribution < 1.29 is 14.3 Å². The second kappa shape index (κ2) is 9.50. The van der Waals surface area contributed by atoms with Gasteiger partial charge in [-0.2, -0.15) is 5.10 Å². The van der Waals surface area contributed by atoms with Gasteiger partial charge in [0.05, 0.1) is 12.3 Å². The average Bonchev–Trinajstić information content (AvgIpc) is 2.73. The van der Waals surface area contributed by atoms with Gasteiger partial charge in [-0.15, -0.1) is 0 Å². The number of pyridine rings is 1. The first-order valence-corrected chi connectivity index (χ1v) is 9.21. The number of nitrogens with one attached hydrogen (secondary N) is 1. The predicted molar refractivity (Wildman–Crippen MR) is 110 cm³/mol. The van der Waals surface area contributed by atoms with Crippen LogP contribution in [0.4, 0.5) is 0 Å². The van der Waals surface area contributed by atoms with E-state index in [4.69, 9.17) is 9.47 Å². The van der Waals surface area contributed by atoms with Gasteiger partial charge in [0.1, 0.15) is 17.0 Å². The largest absolute Gasteiger partial charge is 0.490 e. The van der Waals surface area contributed by atoms with Crippen LogP contribution in [0.1, 0.15) is 25.8 Å². The van der Waals surface area contributed by atoms with Crippen molar-refractivity contribution in [3.05, 3.63) is 66.4 Å². The fraction of sp³-hybridized carbons (Fsp3) is 0.227. The van der Waals surface area contributed by atoms with Crippen molar-refractivity contribution in [1.82, 2.24) is 10.4 Å². The van der Waals surface area contributed by atoms with E-state index in [1.807, 2.05) is 55.5 Å². The summed E-state index contributed by atoms with van der Waals surface area (Å²) < 4.78 is 11.5. The molecule has 6 nitrogen and oxygen atoms in total. The Kier molecular flexibility index (Phi) is 6.57. The molecule has 0 bridgehead atoms. The van der Waals surface area contributed by atoms with Gasteiger partial charge in [-0.05, 0) is 37.6 Å². The summed E-state index contributed by atoms with van der Waals surface area (Å²) in [5.74, 6) is 0.932. The van der Waals surface area contributed by atoms with E-state index in [0.29, 0.717) is 5.75 Å². The number of carbonyl (C=O) groups excluding carboxylic acids is 1. The molecule has 0 radical (unpaired) electrons. The number of hydrogen-bond acceptors (Lipinski definition) is 5. The summed E-state index contributed by atoms with van der Waals surface area (Å²) >= 11 is 0. The van der Waals surface area contributed by atoms with Crippen LogP contribution in [-0.4, -0.2) is 29.8 Å². The van der Waals surface area contributed by atoms with Crippen molar-refractivity contribution >= 4 is 23.0 Å². The number of para-hydroxylation sites is 2. The summed E-state index contributed by atoms with van der Waals surface area (Å²) in [6.45, 7) is 3.92. The molecule has 0 aliphatic rings. The standard InChI is InChI=1S/C22H23N3O3/c1-3-16(2)28-19-11-5-4-8-18(19)14-24-25-21(26)15-27-20-12-6-9-17-10-7-13-23-22(17)20/h4-14,16H,3,15H2,1-2H3,(H,25,26)/b24-14+/t16-/m1/s1. The van der Waals surface area contributed by atoms with Gasteiger partial charge in [0, 0.05) is 17.1 Å². The number of benzene rings is 2. The van der Waals surface area contributed by atoms with Crippen LogP contribution in [-0.2, 0) is 4.79 Å². The molecule has 0 saturated heterocycles. The predicted octanol–water partition coefficient (Wildman–Crippen LogP) is 3.94. The molecule has 1 heterocycles. The highest BCUT2D eigenvalue weighted by Gasteiger charge is 2.07. The van der Waals surface area contributed by atoms with Gasteiger partial charge in [0.15, 0.2) is 6.61 Å². The zero-order chi connectivity index (χ0) is 19.8. The van der Waals surface area contributed by atoms with E-state index in [1.165, 1.54) is 0 Å². The van der Waals surface area contributed by atoms with Gasteiger partial charge in [-0.1, -0.05) is 37.3 Å². The number of carbonyl (C=O) groups is 1. The van der Waals surface area contributed by atoms with Gasteiger partial charge >= 0.3 is 0 Å². The second-order valence-corrected chi connectivity index (χ2v) is 6.29. The van der Waals surface area contributed by atoms with E-state index in [9.17, 15) is 4.79 Å². The molecule has 3 rings (SSSR count). The van der Waals surface area contributed by atoms with Gasteiger partial charge in [0.2, 0.25) is 0 Å². The Morgan fingerprint density at radius 3 is 2.79 bits per heavy atom. The molecule has 1 amide bonds. The normalized spacial score (nSPS) is 12.1. The maximum Gasteiger partial charge on any atom is 0.277 e. The van der Waals surface area contributed by atoms with Crippen LogP contribution in [0.5, 0.6) is 11.5 Å². The van der Waals surface area contributed by atoms with Crippen LogP contribution >= 0.6 is 0 Å². The molecule has 28 heavy (non-hydrogen) atoms. The monoisotopic (exact) mass is 377 g/mol. The zero-order valence-electron chi connectivity index (χ0n) is 16.0. The number of rotatable bonds is 8. The van der Waals surface area contributed by atoms with E-state index < -0.39 is 0 Å². The van der Waals surface area contributed by atoms with E-state index in [2.05, 4.69) is 22.4 Å². The van der Waals surface area contributed by atoms with E-state index in [0.717, 1.165) is 28.6 Å². The molecule has 2 aromatic carbocycles. The Bertz CT molecular complexity index is 967. The Labute approximate surface area is 164 Å².